The summed E-state index contributed by atoms with van der Waals surface area (Å²) >= 11 is 7.76. The summed E-state index contributed by atoms with van der Waals surface area (Å²) in [4.78, 5) is 16.9. The summed E-state index contributed by atoms with van der Waals surface area (Å²) in [7, 11) is 0. The molecule has 4 aromatic rings. The minimum Gasteiger partial charge on any atom is -0.450 e. The molecule has 0 bridgehead atoms. The Kier molecular flexibility index (Phi) is 5.87. The van der Waals surface area contributed by atoms with Crippen molar-refractivity contribution in [2.75, 3.05) is 12.2 Å². The van der Waals surface area contributed by atoms with Crippen molar-refractivity contribution >= 4 is 29.3 Å². The predicted octanol–water partition coefficient (Wildman–Crippen LogP) is 5.03. The highest BCUT2D eigenvalue weighted by Gasteiger charge is 2.23. The lowest BCUT2D eigenvalue weighted by molar-refractivity contribution is 0.0572. The van der Waals surface area contributed by atoms with E-state index in [-0.39, 0.29) is 17.5 Å². The van der Waals surface area contributed by atoms with Gasteiger partial charge in [0.2, 0.25) is 5.82 Å². The predicted molar refractivity (Wildman–Crippen MR) is 116 cm³/mol. The lowest BCUT2D eigenvalue weighted by Crippen LogP contribution is -2.07. The fourth-order valence-electron chi connectivity index (χ4n) is 2.86. The maximum absolute atomic E-state index is 12.4. The number of aromatic nitrogens is 4. The molecule has 30 heavy (non-hydrogen) atoms. The molecule has 0 atom stereocenters. The Morgan fingerprint density at radius 2 is 2.03 bits per heavy atom. The Morgan fingerprint density at radius 1 is 1.20 bits per heavy atom. The number of benzene rings is 2. The number of hydrogen-bond acceptors (Lipinski definition) is 7. The zero-order valence-corrected chi connectivity index (χ0v) is 17.8. The number of para-hydroxylation sites is 1. The first-order valence-electron chi connectivity index (χ1n) is 8.99. The van der Waals surface area contributed by atoms with Crippen molar-refractivity contribution in [1.82, 2.24) is 19.9 Å². The molecule has 0 amide bonds. The first-order valence-corrected chi connectivity index (χ1v) is 10.8. The first kappa shape index (κ1) is 20.2. The molecule has 0 saturated carbocycles. The molecule has 2 heterocycles. The van der Waals surface area contributed by atoms with E-state index in [1.165, 1.54) is 16.4 Å². The summed E-state index contributed by atoms with van der Waals surface area (Å²) < 4.78 is 12.2. The smallest absolute Gasteiger partial charge is 0.359 e. The highest BCUT2D eigenvalue weighted by Crippen LogP contribution is 2.29. The van der Waals surface area contributed by atoms with E-state index in [4.69, 9.17) is 20.9 Å². The van der Waals surface area contributed by atoms with Crippen molar-refractivity contribution in [2.45, 2.75) is 6.92 Å². The van der Waals surface area contributed by atoms with Gasteiger partial charge in [0.25, 0.3) is 5.89 Å². The van der Waals surface area contributed by atoms with Crippen LogP contribution in [-0.4, -0.2) is 38.1 Å². The quantitative estimate of drug-likeness (QED) is 0.307. The molecule has 0 saturated heterocycles. The molecule has 0 fully saturated rings. The van der Waals surface area contributed by atoms with Crippen molar-refractivity contribution in [3.63, 3.8) is 0 Å². The Balaban J connectivity index is 1.79. The van der Waals surface area contributed by atoms with E-state index in [2.05, 4.69) is 15.2 Å². The van der Waals surface area contributed by atoms with Gasteiger partial charge < -0.3 is 9.26 Å². The van der Waals surface area contributed by atoms with Gasteiger partial charge in [-0.2, -0.15) is 10.1 Å². The zero-order valence-electron chi connectivity index (χ0n) is 16.2. The van der Waals surface area contributed by atoms with Crippen LogP contribution in [0.15, 0.2) is 59.1 Å². The molecule has 0 unspecified atom stereocenters. The van der Waals surface area contributed by atoms with E-state index < -0.39 is 5.97 Å². The van der Waals surface area contributed by atoms with Gasteiger partial charge in [-0.15, -0.1) is 11.8 Å². The Hall–Kier alpha value is -3.10. The minimum absolute atomic E-state index is 0.120. The third-order valence-electron chi connectivity index (χ3n) is 4.23. The summed E-state index contributed by atoms with van der Waals surface area (Å²) in [5.41, 5.74) is 3.04. The van der Waals surface area contributed by atoms with Crippen molar-refractivity contribution in [3.8, 4) is 28.7 Å². The number of carbonyl (C=O) groups excluding carboxylic acids is 1. The molecule has 0 aliphatic carbocycles. The van der Waals surface area contributed by atoms with E-state index in [0.717, 1.165) is 11.1 Å². The number of hydrogen-bond donors (Lipinski definition) is 0. The van der Waals surface area contributed by atoms with Crippen molar-refractivity contribution in [3.05, 3.63) is 70.9 Å². The second-order valence-electron chi connectivity index (χ2n) is 6.41. The maximum Gasteiger partial charge on any atom is 0.359 e. The molecular weight excluding hydrogens is 424 g/mol. The van der Waals surface area contributed by atoms with Crippen LogP contribution >= 0.6 is 23.4 Å². The number of esters is 1. The van der Waals surface area contributed by atoms with E-state index in [1.807, 2.05) is 49.6 Å². The fourth-order valence-corrected chi connectivity index (χ4v) is 3.30. The third-order valence-corrected chi connectivity index (χ3v) is 4.90. The molecule has 2 aromatic heterocycles. The topological polar surface area (TPSA) is 83.0 Å². The number of ether oxygens (including phenoxy) is 1. The molecule has 0 N–H and O–H groups in total. The average Bonchev–Trinajstić information content (AvgIpc) is 3.40. The maximum atomic E-state index is 12.4. The average molecular weight is 441 g/mol. The minimum atomic E-state index is -0.546. The van der Waals surface area contributed by atoms with Gasteiger partial charge in [0.05, 0.1) is 10.7 Å². The highest BCUT2D eigenvalue weighted by molar-refractivity contribution is 7.98. The number of carbonyl (C=O) groups is 1. The third kappa shape index (κ3) is 4.10. The Labute approximate surface area is 182 Å². The molecule has 0 aliphatic rings. The van der Waals surface area contributed by atoms with Crippen LogP contribution in [0.3, 0.4) is 0 Å². The van der Waals surface area contributed by atoms with Crippen LogP contribution in [0.1, 0.15) is 16.1 Å². The standard InChI is InChI=1S/C21H17ClN4O3S/c1-13-6-5-7-14(10-13)19-23-20(29-25-19)18-11-16(21(27)28-12-30-2)24-26(18)17-9-4-3-8-15(17)22/h3-11H,12H2,1-2H3. The van der Waals surface area contributed by atoms with Gasteiger partial charge in [0.1, 0.15) is 11.6 Å². The van der Waals surface area contributed by atoms with Crippen LogP contribution in [0.2, 0.25) is 5.02 Å². The van der Waals surface area contributed by atoms with Gasteiger partial charge in [-0.3, -0.25) is 0 Å². The molecule has 2 aromatic carbocycles. The summed E-state index contributed by atoms with van der Waals surface area (Å²) in [5, 5.41) is 8.93. The Morgan fingerprint density at radius 3 is 2.80 bits per heavy atom. The second kappa shape index (κ2) is 8.73. The van der Waals surface area contributed by atoms with Crippen molar-refractivity contribution in [2.24, 2.45) is 0 Å². The molecule has 152 valence electrons. The van der Waals surface area contributed by atoms with Crippen LogP contribution in [0.5, 0.6) is 0 Å². The van der Waals surface area contributed by atoms with E-state index in [9.17, 15) is 4.79 Å². The van der Waals surface area contributed by atoms with Crippen LogP contribution in [0.25, 0.3) is 28.7 Å². The number of aryl methyl sites for hydroxylation is 1. The van der Waals surface area contributed by atoms with Gasteiger partial charge in [0.15, 0.2) is 5.69 Å². The van der Waals surface area contributed by atoms with Gasteiger partial charge in [0, 0.05) is 11.6 Å². The largest absolute Gasteiger partial charge is 0.450 e. The number of halogens is 1. The summed E-state index contributed by atoms with van der Waals surface area (Å²) in [6.45, 7) is 1.99. The van der Waals surface area contributed by atoms with Crippen LogP contribution in [0.4, 0.5) is 0 Å². The molecule has 0 spiro atoms. The molecule has 0 radical (unpaired) electrons. The summed E-state index contributed by atoms with van der Waals surface area (Å²) in [6, 6.07) is 16.5. The highest BCUT2D eigenvalue weighted by atomic mass is 35.5. The van der Waals surface area contributed by atoms with Crippen molar-refractivity contribution in [1.29, 1.82) is 0 Å². The van der Waals surface area contributed by atoms with Gasteiger partial charge in [-0.25, -0.2) is 9.48 Å². The lowest BCUT2D eigenvalue weighted by Gasteiger charge is -2.06. The van der Waals surface area contributed by atoms with Crippen LogP contribution in [0, 0.1) is 6.92 Å². The molecular formula is C21H17ClN4O3S. The number of thioether (sulfide) groups is 1. The van der Waals surface area contributed by atoms with E-state index >= 15 is 0 Å². The zero-order chi connectivity index (χ0) is 21.1. The normalized spacial score (nSPS) is 10.9. The van der Waals surface area contributed by atoms with Crippen LogP contribution < -0.4 is 0 Å². The fraction of sp³-hybridized carbons (Fsp3) is 0.143. The molecule has 4 rings (SSSR count). The van der Waals surface area contributed by atoms with Crippen LogP contribution in [-0.2, 0) is 4.74 Å². The summed E-state index contributed by atoms with van der Waals surface area (Å²) in [6.07, 6.45) is 1.84. The molecule has 0 aliphatic heterocycles. The SMILES string of the molecule is CSCOC(=O)c1cc(-c2nc(-c3cccc(C)c3)no2)n(-c2ccccc2Cl)n1. The monoisotopic (exact) mass is 440 g/mol. The lowest BCUT2D eigenvalue weighted by atomic mass is 10.1. The summed E-state index contributed by atoms with van der Waals surface area (Å²) in [5.74, 6) is 0.329. The van der Waals surface area contributed by atoms with E-state index in [1.54, 1.807) is 18.2 Å². The Bertz CT molecular complexity index is 1200. The second-order valence-corrected chi connectivity index (χ2v) is 7.63. The molecule has 7 nitrogen and oxygen atoms in total. The molecule has 9 heteroatoms. The van der Waals surface area contributed by atoms with Gasteiger partial charge >= 0.3 is 5.97 Å². The number of nitrogens with zero attached hydrogens (tertiary/aromatic N) is 4. The number of rotatable bonds is 6. The van der Waals surface area contributed by atoms with Crippen molar-refractivity contribution < 1.29 is 14.1 Å². The van der Waals surface area contributed by atoms with E-state index in [0.29, 0.717) is 22.2 Å². The first-order chi connectivity index (χ1) is 14.6. The van der Waals surface area contributed by atoms with Gasteiger partial charge in [-0.05, 0) is 31.4 Å². The van der Waals surface area contributed by atoms with Gasteiger partial charge in [-0.1, -0.05) is 52.7 Å².